The molecule has 0 fully saturated rings. The molecule has 0 aliphatic heterocycles. The van der Waals surface area contributed by atoms with Crippen molar-refractivity contribution in [2.45, 2.75) is 33.2 Å². The Bertz CT molecular complexity index is 358. The molecule has 1 aromatic rings. The summed E-state index contributed by atoms with van der Waals surface area (Å²) in [6.45, 7) is 6.52. The van der Waals surface area contributed by atoms with Crippen molar-refractivity contribution in [3.63, 3.8) is 0 Å². The molecule has 0 spiro atoms. The zero-order chi connectivity index (χ0) is 12.3. The van der Waals surface area contributed by atoms with Gasteiger partial charge in [-0.2, -0.15) is 0 Å². The van der Waals surface area contributed by atoms with Gasteiger partial charge >= 0.3 is 0 Å². The largest absolute Gasteiger partial charge is 0.302 e. The second kappa shape index (κ2) is 5.70. The van der Waals surface area contributed by atoms with Crippen LogP contribution in [0.15, 0.2) is 12.1 Å². The van der Waals surface area contributed by atoms with Crippen molar-refractivity contribution in [1.29, 1.82) is 0 Å². The average molecular weight is 240 g/mol. The summed E-state index contributed by atoms with van der Waals surface area (Å²) in [6, 6.07) is 5.01. The molecule has 0 bridgehead atoms. The maximum Gasteiger partial charge on any atom is 0.0356 e. The van der Waals surface area contributed by atoms with E-state index in [9.17, 15) is 0 Å². The fourth-order valence-electron chi connectivity index (χ4n) is 2.14. The lowest BCUT2D eigenvalue weighted by Crippen LogP contribution is -2.21. The van der Waals surface area contributed by atoms with Gasteiger partial charge in [0.05, 0.1) is 0 Å². The molecule has 0 aliphatic carbocycles. The summed E-state index contributed by atoms with van der Waals surface area (Å²) in [7, 11) is 4.23. The van der Waals surface area contributed by atoms with Crippen molar-refractivity contribution in [3.05, 3.63) is 34.4 Å². The Morgan fingerprint density at radius 1 is 1.06 bits per heavy atom. The first-order chi connectivity index (χ1) is 7.47. The Morgan fingerprint density at radius 3 is 2.12 bits per heavy atom. The lowest BCUT2D eigenvalue weighted by atomic mass is 9.94. The van der Waals surface area contributed by atoms with Gasteiger partial charge in [-0.05, 0) is 63.5 Å². The lowest BCUT2D eigenvalue weighted by Gasteiger charge is -2.26. The van der Waals surface area contributed by atoms with Gasteiger partial charge in [0.25, 0.3) is 0 Å². The van der Waals surface area contributed by atoms with Gasteiger partial charge in [0.2, 0.25) is 0 Å². The minimum absolute atomic E-state index is 0.428. The number of hydrogen-bond acceptors (Lipinski definition) is 1. The molecule has 90 valence electrons. The van der Waals surface area contributed by atoms with Gasteiger partial charge in [0, 0.05) is 11.9 Å². The van der Waals surface area contributed by atoms with Crippen LogP contribution in [0, 0.1) is 20.8 Å². The summed E-state index contributed by atoms with van der Waals surface area (Å²) in [5, 5.41) is 0. The molecule has 0 aromatic heterocycles. The van der Waals surface area contributed by atoms with Gasteiger partial charge in [-0.3, -0.25) is 0 Å². The first-order valence-electron chi connectivity index (χ1n) is 5.77. The normalized spacial score (nSPS) is 13.2. The van der Waals surface area contributed by atoms with E-state index in [1.807, 2.05) is 0 Å². The topological polar surface area (TPSA) is 3.24 Å². The van der Waals surface area contributed by atoms with E-state index in [2.05, 4.69) is 51.9 Å². The highest BCUT2D eigenvalue weighted by Crippen LogP contribution is 2.27. The smallest absolute Gasteiger partial charge is 0.0356 e. The predicted octanol–water partition coefficient (Wildman–Crippen LogP) is 3.84. The number of halogens is 1. The van der Waals surface area contributed by atoms with E-state index in [1.165, 1.54) is 22.3 Å². The van der Waals surface area contributed by atoms with Crippen molar-refractivity contribution in [2.75, 3.05) is 20.0 Å². The number of nitrogens with zero attached hydrogens (tertiary/aromatic N) is 1. The molecule has 0 saturated heterocycles. The van der Waals surface area contributed by atoms with Gasteiger partial charge in [0.1, 0.15) is 0 Å². The van der Waals surface area contributed by atoms with Gasteiger partial charge in [-0.15, -0.1) is 11.6 Å². The summed E-state index contributed by atoms with van der Waals surface area (Å²) in [5.74, 6) is 0.704. The van der Waals surface area contributed by atoms with E-state index in [0.717, 1.165) is 6.42 Å². The molecule has 0 N–H and O–H groups in total. The zero-order valence-electron chi connectivity index (χ0n) is 11.0. The van der Waals surface area contributed by atoms with Crippen LogP contribution in [-0.2, 0) is 0 Å². The molecule has 16 heavy (non-hydrogen) atoms. The van der Waals surface area contributed by atoms with Gasteiger partial charge in [0.15, 0.2) is 0 Å². The highest BCUT2D eigenvalue weighted by Gasteiger charge is 2.16. The third-order valence-electron chi connectivity index (χ3n) is 3.25. The molecule has 0 radical (unpaired) electrons. The molecule has 1 atom stereocenters. The van der Waals surface area contributed by atoms with Crippen LogP contribution >= 0.6 is 11.6 Å². The number of rotatable bonds is 4. The van der Waals surface area contributed by atoms with E-state index < -0.39 is 0 Å². The number of alkyl halides is 1. The van der Waals surface area contributed by atoms with Crippen molar-refractivity contribution in [2.24, 2.45) is 0 Å². The molecule has 2 heteroatoms. The molecule has 1 unspecified atom stereocenters. The van der Waals surface area contributed by atoms with Gasteiger partial charge in [-0.1, -0.05) is 12.1 Å². The van der Waals surface area contributed by atoms with Crippen molar-refractivity contribution in [3.8, 4) is 0 Å². The highest BCUT2D eigenvalue weighted by molar-refractivity contribution is 6.17. The average Bonchev–Trinajstić information content (AvgIpc) is 2.20. The summed E-state index contributed by atoms with van der Waals surface area (Å²) < 4.78 is 0. The fourth-order valence-corrected chi connectivity index (χ4v) is 2.34. The van der Waals surface area contributed by atoms with Crippen LogP contribution in [0.4, 0.5) is 0 Å². The van der Waals surface area contributed by atoms with Crippen LogP contribution < -0.4 is 0 Å². The Balaban J connectivity index is 3.13. The maximum atomic E-state index is 5.89. The summed E-state index contributed by atoms with van der Waals surface area (Å²) in [5.41, 5.74) is 5.51. The Hall–Kier alpha value is -0.530. The van der Waals surface area contributed by atoms with Crippen molar-refractivity contribution in [1.82, 2.24) is 4.90 Å². The first-order valence-corrected chi connectivity index (χ1v) is 6.31. The van der Waals surface area contributed by atoms with Crippen LogP contribution in [-0.4, -0.2) is 24.9 Å². The predicted molar refractivity (Wildman–Crippen MR) is 72.4 cm³/mol. The van der Waals surface area contributed by atoms with E-state index in [-0.39, 0.29) is 0 Å². The van der Waals surface area contributed by atoms with Crippen LogP contribution in [0.3, 0.4) is 0 Å². The third kappa shape index (κ3) is 2.99. The van der Waals surface area contributed by atoms with E-state index in [4.69, 9.17) is 11.6 Å². The number of aryl methyl sites for hydroxylation is 3. The maximum absolute atomic E-state index is 5.89. The third-order valence-corrected chi connectivity index (χ3v) is 3.47. The fraction of sp³-hybridized carbons (Fsp3) is 0.571. The molecular weight excluding hydrogens is 218 g/mol. The molecule has 1 aromatic carbocycles. The lowest BCUT2D eigenvalue weighted by molar-refractivity contribution is 0.292. The number of benzene rings is 1. The minimum atomic E-state index is 0.428. The second-order valence-electron chi connectivity index (χ2n) is 4.75. The minimum Gasteiger partial charge on any atom is -0.302 e. The van der Waals surface area contributed by atoms with E-state index >= 15 is 0 Å². The van der Waals surface area contributed by atoms with Gasteiger partial charge in [-0.25, -0.2) is 0 Å². The van der Waals surface area contributed by atoms with E-state index in [1.54, 1.807) is 0 Å². The summed E-state index contributed by atoms with van der Waals surface area (Å²) in [4.78, 5) is 2.25. The molecule has 0 saturated carbocycles. The summed E-state index contributed by atoms with van der Waals surface area (Å²) in [6.07, 6.45) is 0.998. The Labute approximate surface area is 104 Å². The summed E-state index contributed by atoms with van der Waals surface area (Å²) >= 11 is 5.89. The zero-order valence-corrected chi connectivity index (χ0v) is 11.7. The molecule has 1 rings (SSSR count). The Kier molecular flexibility index (Phi) is 4.82. The van der Waals surface area contributed by atoms with Crippen LogP contribution in [0.1, 0.15) is 34.7 Å². The van der Waals surface area contributed by atoms with Crippen LogP contribution in [0.5, 0.6) is 0 Å². The molecule has 0 aliphatic rings. The highest BCUT2D eigenvalue weighted by atomic mass is 35.5. The second-order valence-corrected chi connectivity index (χ2v) is 5.13. The number of hydrogen-bond donors (Lipinski definition) is 0. The molecular formula is C14H22ClN. The first kappa shape index (κ1) is 13.5. The van der Waals surface area contributed by atoms with Crippen LogP contribution in [0.25, 0.3) is 0 Å². The quantitative estimate of drug-likeness (QED) is 0.722. The van der Waals surface area contributed by atoms with Crippen molar-refractivity contribution < 1.29 is 0 Å². The van der Waals surface area contributed by atoms with E-state index in [0.29, 0.717) is 11.9 Å². The van der Waals surface area contributed by atoms with Crippen LogP contribution in [0.2, 0.25) is 0 Å². The molecule has 1 nitrogen and oxygen atoms in total. The SMILES string of the molecule is Cc1cc(C)c(C(CCCl)N(C)C)cc1C. The van der Waals surface area contributed by atoms with Gasteiger partial charge < -0.3 is 4.90 Å². The molecule has 0 amide bonds. The monoisotopic (exact) mass is 239 g/mol. The Morgan fingerprint density at radius 2 is 1.62 bits per heavy atom. The molecule has 0 heterocycles. The standard InChI is InChI=1S/C14H22ClN/c1-10-8-12(3)13(9-11(10)2)14(6-7-15)16(4)5/h8-9,14H,6-7H2,1-5H3. The van der Waals surface area contributed by atoms with Crippen molar-refractivity contribution >= 4 is 11.6 Å².